The van der Waals surface area contributed by atoms with Crippen LogP contribution in [0.5, 0.6) is 0 Å². The summed E-state index contributed by atoms with van der Waals surface area (Å²) in [5, 5.41) is 21.6. The highest BCUT2D eigenvalue weighted by Gasteiger charge is 2.33. The molecule has 3 N–H and O–H groups in total. The van der Waals surface area contributed by atoms with Crippen LogP contribution in [0.1, 0.15) is 23.7 Å². The van der Waals surface area contributed by atoms with Crippen LogP contribution in [0, 0.1) is 23.3 Å². The molecule has 3 heterocycles. The molecule has 8 nitrogen and oxygen atoms in total. The number of rotatable bonds is 5. The molecule has 1 amide bonds. The molecule has 1 aliphatic rings. The third-order valence-electron chi connectivity index (χ3n) is 5.47. The molecule has 0 radical (unpaired) electrons. The van der Waals surface area contributed by atoms with Crippen molar-refractivity contribution in [3.8, 4) is 5.69 Å². The van der Waals surface area contributed by atoms with Crippen LogP contribution in [-0.4, -0.2) is 57.5 Å². The first-order chi connectivity index (χ1) is 16.1. The van der Waals surface area contributed by atoms with E-state index in [0.717, 1.165) is 16.8 Å². The Labute approximate surface area is 190 Å². The lowest BCUT2D eigenvalue weighted by atomic mass is 10.1. The van der Waals surface area contributed by atoms with Crippen molar-refractivity contribution in [3.63, 3.8) is 0 Å². The normalized spacial score (nSPS) is 18.0. The molecule has 0 spiro atoms. The lowest BCUT2D eigenvalue weighted by Crippen LogP contribution is -2.31. The van der Waals surface area contributed by atoms with Gasteiger partial charge in [-0.2, -0.15) is 0 Å². The average molecular weight is 480 g/mol. The number of aromatic nitrogens is 2. The number of carbonyl (C=O) groups excluding carboxylic acids is 1. The van der Waals surface area contributed by atoms with E-state index in [2.05, 4.69) is 10.3 Å². The number of hydrogen-bond donors (Lipinski definition) is 3. The molecule has 3 aromatic rings. The fourth-order valence-corrected chi connectivity index (χ4v) is 3.81. The molecule has 1 unspecified atom stereocenters. The largest absolute Gasteiger partial charge is 0.389 e. The van der Waals surface area contributed by atoms with Gasteiger partial charge in [-0.25, -0.2) is 22.5 Å². The molecule has 2 aromatic heterocycles. The van der Waals surface area contributed by atoms with Gasteiger partial charge in [0.2, 0.25) is 5.43 Å². The molecule has 0 bridgehead atoms. The molecule has 4 rings (SSSR count). The van der Waals surface area contributed by atoms with E-state index in [1.165, 1.54) is 4.90 Å². The van der Waals surface area contributed by atoms with Gasteiger partial charge in [0, 0.05) is 38.0 Å². The average Bonchev–Trinajstić information content (AvgIpc) is 3.10. The number of nitrogens with one attached hydrogen (secondary N) is 1. The minimum Gasteiger partial charge on any atom is -0.389 e. The monoisotopic (exact) mass is 480 g/mol. The number of aliphatic hydroxyl groups excluding tert-OH is 2. The van der Waals surface area contributed by atoms with E-state index in [0.29, 0.717) is 18.6 Å². The summed E-state index contributed by atoms with van der Waals surface area (Å²) in [5.74, 6) is -6.12. The minimum absolute atomic E-state index is 0.183. The third kappa shape index (κ3) is 4.10. The summed E-state index contributed by atoms with van der Waals surface area (Å²) in [5.41, 5.74) is -2.69. The maximum Gasteiger partial charge on any atom is 0.256 e. The number of nitrogens with zero attached hydrogens (tertiary/aromatic N) is 3. The Bertz CT molecular complexity index is 1310. The van der Waals surface area contributed by atoms with Gasteiger partial charge in [-0.05, 0) is 12.5 Å². The van der Waals surface area contributed by atoms with Crippen molar-refractivity contribution in [1.29, 1.82) is 0 Å². The van der Waals surface area contributed by atoms with Gasteiger partial charge >= 0.3 is 0 Å². The van der Waals surface area contributed by atoms with Crippen LogP contribution >= 0.6 is 0 Å². The second-order valence-electron chi connectivity index (χ2n) is 7.92. The van der Waals surface area contributed by atoms with E-state index in [1.54, 1.807) is 6.92 Å². The van der Waals surface area contributed by atoms with Gasteiger partial charge in [-0.15, -0.1) is 0 Å². The number of amides is 1. The first-order valence-electron chi connectivity index (χ1n) is 10.4. The summed E-state index contributed by atoms with van der Waals surface area (Å²) in [6, 6.07) is 1.59. The summed E-state index contributed by atoms with van der Waals surface area (Å²) in [6.07, 6.45) is -0.967. The fraction of sp³-hybridized carbons (Fsp3) is 0.318. The molecule has 1 aromatic carbocycles. The molecule has 1 fully saturated rings. The Morgan fingerprint density at radius 1 is 1.09 bits per heavy atom. The molecule has 1 aliphatic heterocycles. The van der Waals surface area contributed by atoms with Crippen molar-refractivity contribution in [2.24, 2.45) is 0 Å². The van der Waals surface area contributed by atoms with Crippen LogP contribution in [0.2, 0.25) is 0 Å². The lowest BCUT2D eigenvalue weighted by Gasteiger charge is -2.20. The number of fused-ring (bicyclic) bond motifs is 1. The third-order valence-corrected chi connectivity index (χ3v) is 5.47. The van der Waals surface area contributed by atoms with Gasteiger partial charge in [-0.3, -0.25) is 14.2 Å². The molecule has 0 aliphatic carbocycles. The highest BCUT2D eigenvalue weighted by atomic mass is 19.1. The van der Waals surface area contributed by atoms with Crippen LogP contribution < -0.4 is 15.6 Å². The number of anilines is 1. The van der Waals surface area contributed by atoms with Gasteiger partial charge in [0.05, 0.1) is 17.6 Å². The van der Waals surface area contributed by atoms with Gasteiger partial charge in [0.1, 0.15) is 17.1 Å². The smallest absolute Gasteiger partial charge is 0.256 e. The Kier molecular flexibility index (Phi) is 6.28. The summed E-state index contributed by atoms with van der Waals surface area (Å²) >= 11 is 0. The van der Waals surface area contributed by atoms with Crippen molar-refractivity contribution in [3.05, 3.63) is 63.5 Å². The van der Waals surface area contributed by atoms with E-state index in [9.17, 15) is 37.4 Å². The van der Waals surface area contributed by atoms with Crippen LogP contribution in [0.4, 0.5) is 23.4 Å². The van der Waals surface area contributed by atoms with E-state index >= 15 is 0 Å². The molecule has 0 saturated carbocycles. The molecule has 2 atom stereocenters. The van der Waals surface area contributed by atoms with Crippen LogP contribution in [0.25, 0.3) is 16.7 Å². The lowest BCUT2D eigenvalue weighted by molar-refractivity contribution is 0.0572. The summed E-state index contributed by atoms with van der Waals surface area (Å²) < 4.78 is 58.6. The number of halogens is 4. The second kappa shape index (κ2) is 9.03. The molecule has 1 saturated heterocycles. The minimum atomic E-state index is -1.35. The van der Waals surface area contributed by atoms with Gasteiger partial charge in [0.15, 0.2) is 28.9 Å². The number of hydrogen-bond acceptors (Lipinski definition) is 6. The molecule has 180 valence electrons. The zero-order valence-electron chi connectivity index (χ0n) is 17.9. The van der Waals surface area contributed by atoms with E-state index in [1.807, 2.05) is 0 Å². The first kappa shape index (κ1) is 23.6. The number of aliphatic hydroxyl groups is 2. The Hall–Kier alpha value is -3.51. The predicted molar refractivity (Wildman–Crippen MR) is 114 cm³/mol. The highest BCUT2D eigenvalue weighted by Crippen LogP contribution is 2.28. The van der Waals surface area contributed by atoms with Crippen molar-refractivity contribution in [2.45, 2.75) is 25.6 Å². The summed E-state index contributed by atoms with van der Waals surface area (Å²) in [4.78, 5) is 30.8. The number of carbonyl (C=O) groups is 1. The number of benzene rings is 1. The second-order valence-corrected chi connectivity index (χ2v) is 7.92. The standard InChI is InChI=1S/C22H20F4N4O4/c1-2-3-27-22(34)12-7-30(18-13(24)4-10(23)5-14(18)25)20-11(19(12)33)6-15(26)21(28-20)29-8-16(31)17(32)9-29/h4-7,16-17,31-32H,2-3,8-9H2,1H3,(H,27,34)/t16-,17?/m1/s1. The maximum absolute atomic E-state index is 15.0. The van der Waals surface area contributed by atoms with Gasteiger partial charge in [0.25, 0.3) is 5.91 Å². The molecular weight excluding hydrogens is 460 g/mol. The molecular formula is C22H20F4N4O4. The SMILES string of the molecule is CCCNC(=O)c1cn(-c2c(F)cc(F)cc2F)c2nc(N3CC(O)[C@H](O)C3)c(F)cc2c1=O. The topological polar surface area (TPSA) is 108 Å². The van der Waals surface area contributed by atoms with Gasteiger partial charge < -0.3 is 20.4 Å². The van der Waals surface area contributed by atoms with Crippen LogP contribution in [0.15, 0.2) is 29.2 Å². The zero-order chi connectivity index (χ0) is 24.7. The van der Waals surface area contributed by atoms with Crippen molar-refractivity contribution < 1.29 is 32.6 Å². The highest BCUT2D eigenvalue weighted by molar-refractivity contribution is 5.97. The van der Waals surface area contributed by atoms with E-state index in [-0.39, 0.29) is 25.5 Å². The molecule has 34 heavy (non-hydrogen) atoms. The summed E-state index contributed by atoms with van der Waals surface area (Å²) in [6.45, 7) is 1.62. The fourth-order valence-electron chi connectivity index (χ4n) is 3.81. The zero-order valence-corrected chi connectivity index (χ0v) is 17.9. The quantitative estimate of drug-likeness (QED) is 0.480. The Morgan fingerprint density at radius 2 is 1.71 bits per heavy atom. The number of pyridine rings is 2. The first-order valence-corrected chi connectivity index (χ1v) is 10.4. The van der Waals surface area contributed by atoms with Crippen molar-refractivity contribution >= 4 is 22.8 Å². The van der Waals surface area contributed by atoms with E-state index < -0.39 is 69.1 Å². The van der Waals surface area contributed by atoms with Crippen molar-refractivity contribution in [1.82, 2.24) is 14.9 Å². The summed E-state index contributed by atoms with van der Waals surface area (Å²) in [7, 11) is 0. The van der Waals surface area contributed by atoms with Crippen LogP contribution in [0.3, 0.4) is 0 Å². The van der Waals surface area contributed by atoms with Crippen LogP contribution in [-0.2, 0) is 0 Å². The van der Waals surface area contributed by atoms with Gasteiger partial charge in [-0.1, -0.05) is 6.92 Å². The van der Waals surface area contributed by atoms with E-state index in [4.69, 9.17) is 0 Å². The van der Waals surface area contributed by atoms with Crippen molar-refractivity contribution in [2.75, 3.05) is 24.5 Å². The predicted octanol–water partition coefficient (Wildman–Crippen LogP) is 1.62. The maximum atomic E-state index is 15.0. The molecule has 12 heteroatoms. The Balaban J connectivity index is 2.02. The Morgan fingerprint density at radius 3 is 2.29 bits per heavy atom. The number of β-amino-alcohol motifs (C(OH)–C–C–N with tert-alkyl or cyclic N) is 2.